The molecule has 0 saturated carbocycles. The fraction of sp³-hybridized carbons (Fsp3) is 0.200. The number of hydrogen-bond donors (Lipinski definition) is 0. The van der Waals surface area contributed by atoms with E-state index in [4.69, 9.17) is 0 Å². The first-order valence-corrected chi connectivity index (χ1v) is 3.70. The summed E-state index contributed by atoms with van der Waals surface area (Å²) in [6.07, 6.45) is 1.91. The van der Waals surface area contributed by atoms with Crippen LogP contribution in [0.25, 0.3) is 0 Å². The quantitative estimate of drug-likeness (QED) is 0.598. The van der Waals surface area contributed by atoms with Crippen LogP contribution in [0.1, 0.15) is 12.6 Å². The smallest absolute Gasteiger partial charge is 0.127 e. The Morgan fingerprint density at radius 1 is 1.42 bits per heavy atom. The van der Waals surface area contributed by atoms with Crippen LogP contribution in [0.4, 0.5) is 8.78 Å². The van der Waals surface area contributed by atoms with Crippen LogP contribution in [0.15, 0.2) is 24.8 Å². The fourth-order valence-corrected chi connectivity index (χ4v) is 0.999. The fourth-order valence-electron chi connectivity index (χ4n) is 0.999. The maximum Gasteiger partial charge on any atom is 0.127 e. The minimum atomic E-state index is -0.367. The van der Waals surface area contributed by atoms with E-state index in [1.807, 2.05) is 0 Å². The van der Waals surface area contributed by atoms with E-state index in [2.05, 4.69) is 6.58 Å². The van der Waals surface area contributed by atoms with Crippen molar-refractivity contribution in [3.63, 3.8) is 0 Å². The molecule has 0 nitrogen and oxygen atoms in total. The molecule has 0 N–H and O–H groups in total. The zero-order valence-corrected chi connectivity index (χ0v) is 6.90. The van der Waals surface area contributed by atoms with Crippen LogP contribution in [0.3, 0.4) is 0 Å². The molecule has 0 fully saturated rings. The number of benzene rings is 1. The summed E-state index contributed by atoms with van der Waals surface area (Å²) in [6.45, 7) is 5.00. The molecule has 12 heavy (non-hydrogen) atoms. The molecule has 1 aromatic carbocycles. The highest BCUT2D eigenvalue weighted by Gasteiger charge is 2.04. The lowest BCUT2D eigenvalue weighted by molar-refractivity contribution is 0.582. The normalized spacial score (nSPS) is 9.92. The van der Waals surface area contributed by atoms with E-state index in [0.29, 0.717) is 17.5 Å². The van der Waals surface area contributed by atoms with E-state index in [0.717, 1.165) is 0 Å². The zero-order chi connectivity index (χ0) is 9.14. The third kappa shape index (κ3) is 1.70. The first-order valence-electron chi connectivity index (χ1n) is 3.70. The molecule has 66 valence electrons. The van der Waals surface area contributed by atoms with Crippen LogP contribution in [0.2, 0.25) is 0 Å². The average Bonchev–Trinajstić information content (AvgIpc) is 2.01. The van der Waals surface area contributed by atoms with Gasteiger partial charge in [0.1, 0.15) is 11.6 Å². The van der Waals surface area contributed by atoms with Crippen LogP contribution >= 0.6 is 0 Å². The summed E-state index contributed by atoms with van der Waals surface area (Å²) in [7, 11) is 0. The van der Waals surface area contributed by atoms with Gasteiger partial charge in [-0.05, 0) is 36.6 Å². The van der Waals surface area contributed by atoms with Gasteiger partial charge in [-0.3, -0.25) is 0 Å². The maximum atomic E-state index is 13.0. The van der Waals surface area contributed by atoms with Gasteiger partial charge in [-0.2, -0.15) is 0 Å². The second-order valence-electron chi connectivity index (χ2n) is 2.69. The van der Waals surface area contributed by atoms with Crippen LogP contribution in [0.5, 0.6) is 0 Å². The lowest BCUT2D eigenvalue weighted by Gasteiger charge is -2.01. The molecule has 0 radical (unpaired) electrons. The Morgan fingerprint density at radius 2 is 2.08 bits per heavy atom. The van der Waals surface area contributed by atoms with Crippen molar-refractivity contribution in [3.8, 4) is 0 Å². The number of allylic oxidation sites excluding steroid dienone is 1. The largest absolute Gasteiger partial charge is 0.207 e. The predicted molar refractivity (Wildman–Crippen MR) is 47.1 cm³/mol. The molecule has 1 rings (SSSR count). The number of hydrogen-bond acceptors (Lipinski definition) is 0. The molecule has 0 aliphatic rings. The highest BCUT2D eigenvalue weighted by Crippen LogP contribution is 2.14. The van der Waals surface area contributed by atoms with E-state index < -0.39 is 0 Å². The monoisotopic (exact) mass is 170 g/mol. The number of aryl methyl sites for hydroxylation is 1. The van der Waals surface area contributed by atoms with Crippen LogP contribution < -0.4 is 0 Å². The molecule has 0 atom stereocenters. The summed E-state index contributed by atoms with van der Waals surface area (Å²) >= 11 is 0. The van der Waals surface area contributed by atoms with E-state index in [-0.39, 0.29) is 13.1 Å². The highest BCUT2D eigenvalue weighted by atomic mass is 19.1. The van der Waals surface area contributed by atoms with Crippen molar-refractivity contribution in [3.05, 3.63) is 47.5 Å². The van der Waals surface area contributed by atoms with Crippen LogP contribution in [-0.2, 0) is 6.42 Å². The van der Waals surface area contributed by atoms with Gasteiger partial charge in [0.15, 0.2) is 0 Å². The lowest BCUT2D eigenvalue weighted by Crippen LogP contribution is -1.92. The van der Waals surface area contributed by atoms with Crippen molar-refractivity contribution in [2.45, 2.75) is 13.3 Å². The van der Waals surface area contributed by atoms with Gasteiger partial charge >= 0.3 is 0 Å². The van der Waals surface area contributed by atoms with Crippen molar-refractivity contribution in [1.82, 2.24) is 0 Å². The van der Waals surface area contributed by atoms with Crippen molar-refractivity contribution in [2.24, 2.45) is 0 Å². The summed E-state index contributed by atoms with van der Waals surface area (Å²) in [5.74, 6) is -0.734. The Bertz CT molecular complexity index is 308. The molecular weight excluding hydrogens is 158 g/mol. The van der Waals surface area contributed by atoms with Gasteiger partial charge in [0, 0.05) is 1.43 Å². The van der Waals surface area contributed by atoms with Gasteiger partial charge in [-0.25, -0.2) is 8.78 Å². The summed E-state index contributed by atoms with van der Waals surface area (Å²) in [5, 5.41) is 0. The lowest BCUT2D eigenvalue weighted by atomic mass is 10.1. The molecular formula is C10H12F2. The van der Waals surface area contributed by atoms with Crippen LogP contribution in [0, 0.1) is 18.6 Å². The molecule has 0 amide bonds. The van der Waals surface area contributed by atoms with Gasteiger partial charge in [0.05, 0.1) is 0 Å². The third-order valence-corrected chi connectivity index (χ3v) is 1.69. The standard InChI is InChI=1S/C10H10F2.H2/c1-3-4-8-6-9(11)7(2)5-10(8)12;/h3,5-6H,1,4H2,2H3;1H. The molecule has 2 heteroatoms. The zero-order valence-electron chi connectivity index (χ0n) is 6.90. The van der Waals surface area contributed by atoms with E-state index >= 15 is 0 Å². The number of rotatable bonds is 2. The first-order chi connectivity index (χ1) is 5.65. The van der Waals surface area contributed by atoms with Crippen LogP contribution in [-0.4, -0.2) is 0 Å². The van der Waals surface area contributed by atoms with Crippen molar-refractivity contribution < 1.29 is 10.2 Å². The average molecular weight is 170 g/mol. The van der Waals surface area contributed by atoms with Gasteiger partial charge in [-0.15, -0.1) is 6.58 Å². The molecule has 0 heterocycles. The number of halogens is 2. The summed E-state index contributed by atoms with van der Waals surface area (Å²) in [4.78, 5) is 0. The topological polar surface area (TPSA) is 0 Å². The highest BCUT2D eigenvalue weighted by molar-refractivity contribution is 5.26. The molecule has 0 unspecified atom stereocenters. The second kappa shape index (κ2) is 3.48. The molecule has 0 aromatic heterocycles. The predicted octanol–water partition coefficient (Wildman–Crippen LogP) is 3.25. The Hall–Kier alpha value is -1.18. The Morgan fingerprint density at radius 3 is 2.67 bits per heavy atom. The van der Waals surface area contributed by atoms with Crippen molar-refractivity contribution in [1.29, 1.82) is 0 Å². The molecule has 0 aliphatic carbocycles. The Balaban J connectivity index is 0.00000144. The van der Waals surface area contributed by atoms with Crippen molar-refractivity contribution in [2.75, 3.05) is 0 Å². The molecule has 1 aromatic rings. The van der Waals surface area contributed by atoms with E-state index in [1.165, 1.54) is 19.1 Å². The van der Waals surface area contributed by atoms with Gasteiger partial charge < -0.3 is 0 Å². The summed E-state index contributed by atoms with van der Waals surface area (Å²) < 4.78 is 25.9. The van der Waals surface area contributed by atoms with Gasteiger partial charge in [0.25, 0.3) is 0 Å². The Labute approximate surface area is 72.0 Å². The molecule has 0 bridgehead atoms. The molecule has 0 aliphatic heterocycles. The minimum Gasteiger partial charge on any atom is -0.207 e. The maximum absolute atomic E-state index is 13.0. The SMILES string of the molecule is C=CCc1cc(F)c(C)cc1F.[HH]. The van der Waals surface area contributed by atoms with Gasteiger partial charge in [0.2, 0.25) is 0 Å². The molecule has 0 spiro atoms. The second-order valence-corrected chi connectivity index (χ2v) is 2.69. The van der Waals surface area contributed by atoms with Gasteiger partial charge in [-0.1, -0.05) is 6.08 Å². The first kappa shape index (κ1) is 8.91. The summed E-state index contributed by atoms with van der Waals surface area (Å²) in [6, 6.07) is 2.42. The van der Waals surface area contributed by atoms with Crippen molar-refractivity contribution >= 4 is 0 Å². The minimum absolute atomic E-state index is 0. The van der Waals surface area contributed by atoms with E-state index in [1.54, 1.807) is 6.08 Å². The summed E-state index contributed by atoms with van der Waals surface area (Å²) in [5.41, 5.74) is 0.688. The Kier molecular flexibility index (Phi) is 2.58. The molecule has 0 saturated heterocycles. The van der Waals surface area contributed by atoms with E-state index in [9.17, 15) is 8.78 Å². The third-order valence-electron chi connectivity index (χ3n) is 1.69.